The van der Waals surface area contributed by atoms with Crippen LogP contribution in [0.2, 0.25) is 0 Å². The number of hydrogen-bond donors (Lipinski definition) is 1. The molecule has 5 heteroatoms. The molecule has 0 atom stereocenters. The minimum atomic E-state index is -3.31. The van der Waals surface area contributed by atoms with Gasteiger partial charge in [0, 0.05) is 0 Å². The first-order valence-electron chi connectivity index (χ1n) is 2.30. The summed E-state index contributed by atoms with van der Waals surface area (Å²) in [4.78, 5) is 3.51. The Kier molecular flexibility index (Phi) is 1.10. The molecule has 4 nitrogen and oxygen atoms in total. The Labute approximate surface area is 53.0 Å². The van der Waals surface area contributed by atoms with Gasteiger partial charge >= 0.3 is 0 Å². The van der Waals surface area contributed by atoms with Gasteiger partial charge in [-0.3, -0.25) is 0 Å². The molecule has 1 aliphatic rings. The van der Waals surface area contributed by atoms with Crippen LogP contribution in [-0.2, 0) is 9.84 Å². The molecule has 1 heterocycles. The summed E-state index contributed by atoms with van der Waals surface area (Å²) in [5.74, 6) is 0. The monoisotopic (exact) mass is 146 g/mol. The molecule has 0 bridgehead atoms. The van der Waals surface area contributed by atoms with E-state index in [4.69, 9.17) is 5.73 Å². The van der Waals surface area contributed by atoms with Gasteiger partial charge in [0.2, 0.25) is 15.0 Å². The Morgan fingerprint density at radius 3 is 2.33 bits per heavy atom. The second-order valence-electron chi connectivity index (χ2n) is 1.75. The fourth-order valence-corrected chi connectivity index (χ4v) is 1.44. The number of allylic oxidation sites excluding steroid dienone is 1. The van der Waals surface area contributed by atoms with Gasteiger partial charge in [-0.1, -0.05) is 0 Å². The second kappa shape index (κ2) is 1.57. The molecule has 0 aromatic rings. The lowest BCUT2D eigenvalue weighted by Crippen LogP contribution is -2.18. The lowest BCUT2D eigenvalue weighted by atomic mass is 10.6. The van der Waals surface area contributed by atoms with Crippen molar-refractivity contribution >= 4 is 15.0 Å². The van der Waals surface area contributed by atoms with Crippen molar-refractivity contribution in [3.05, 3.63) is 11.1 Å². The molecule has 0 saturated carbocycles. The molecule has 9 heavy (non-hydrogen) atoms. The zero-order valence-electron chi connectivity index (χ0n) is 4.83. The van der Waals surface area contributed by atoms with Crippen molar-refractivity contribution < 1.29 is 8.42 Å². The minimum Gasteiger partial charge on any atom is -0.374 e. The van der Waals surface area contributed by atoms with Crippen LogP contribution in [0.15, 0.2) is 16.1 Å². The Morgan fingerprint density at radius 1 is 1.67 bits per heavy atom. The highest BCUT2D eigenvalue weighted by Crippen LogP contribution is 2.09. The summed E-state index contributed by atoms with van der Waals surface area (Å²) >= 11 is 0. The average molecular weight is 146 g/mol. The van der Waals surface area contributed by atoms with E-state index in [0.717, 1.165) is 5.41 Å². The quantitative estimate of drug-likeness (QED) is 0.505. The van der Waals surface area contributed by atoms with E-state index in [1.807, 2.05) is 0 Å². The third-order valence-corrected chi connectivity index (χ3v) is 2.23. The number of hydrogen-bond acceptors (Lipinski definition) is 4. The largest absolute Gasteiger partial charge is 0.374 e. The van der Waals surface area contributed by atoms with E-state index in [2.05, 4.69) is 4.99 Å². The third kappa shape index (κ3) is 0.951. The molecular weight excluding hydrogens is 140 g/mol. The highest BCUT2D eigenvalue weighted by Gasteiger charge is 2.18. The van der Waals surface area contributed by atoms with Crippen LogP contribution in [0.1, 0.15) is 6.92 Å². The van der Waals surface area contributed by atoms with Crippen LogP contribution >= 0.6 is 0 Å². The van der Waals surface area contributed by atoms with Gasteiger partial charge in [0.05, 0.1) is 11.1 Å². The van der Waals surface area contributed by atoms with E-state index in [9.17, 15) is 8.42 Å². The zero-order chi connectivity index (χ0) is 7.07. The standard InChI is InChI=1S/C4H6N2O2S/c1-3-2-9(7,8)4(5)6-3/h2H,1H3,(H2,5,6). The molecule has 0 amide bonds. The number of aliphatic imine (C=N–C) groups is 1. The summed E-state index contributed by atoms with van der Waals surface area (Å²) in [5, 5.41) is 0.738. The maximum absolute atomic E-state index is 10.6. The van der Waals surface area contributed by atoms with Crippen LogP contribution in [0.4, 0.5) is 0 Å². The topological polar surface area (TPSA) is 72.5 Å². The molecule has 0 aliphatic carbocycles. The highest BCUT2D eigenvalue weighted by molar-refractivity contribution is 8.09. The van der Waals surface area contributed by atoms with E-state index >= 15 is 0 Å². The van der Waals surface area contributed by atoms with E-state index in [0.29, 0.717) is 5.70 Å². The summed E-state index contributed by atoms with van der Waals surface area (Å²) in [7, 11) is -3.31. The van der Waals surface area contributed by atoms with Gasteiger partial charge in [0.1, 0.15) is 0 Å². The molecule has 1 rings (SSSR count). The molecular formula is C4H6N2O2S. The lowest BCUT2D eigenvalue weighted by Gasteiger charge is -1.84. The third-order valence-electron chi connectivity index (χ3n) is 0.904. The van der Waals surface area contributed by atoms with Gasteiger partial charge in [0.25, 0.3) is 0 Å². The molecule has 0 radical (unpaired) electrons. The van der Waals surface area contributed by atoms with E-state index in [1.54, 1.807) is 6.92 Å². The Hall–Kier alpha value is -0.840. The SMILES string of the molecule is CC1=CS(=O)(=O)C(N)=N1. The van der Waals surface area contributed by atoms with Crippen LogP contribution in [0, 0.1) is 0 Å². The zero-order valence-corrected chi connectivity index (χ0v) is 5.64. The van der Waals surface area contributed by atoms with Crippen molar-refractivity contribution in [2.75, 3.05) is 0 Å². The predicted molar refractivity (Wildman–Crippen MR) is 34.3 cm³/mol. The molecule has 1 aliphatic heterocycles. The fraction of sp³-hybridized carbons (Fsp3) is 0.250. The van der Waals surface area contributed by atoms with Crippen LogP contribution < -0.4 is 5.73 Å². The van der Waals surface area contributed by atoms with Crippen molar-refractivity contribution in [3.8, 4) is 0 Å². The van der Waals surface area contributed by atoms with Gasteiger partial charge in [-0.2, -0.15) is 0 Å². The Bertz CT molecular complexity index is 286. The fourth-order valence-electron chi connectivity index (χ4n) is 0.549. The van der Waals surface area contributed by atoms with Gasteiger partial charge in [0.15, 0.2) is 0 Å². The summed E-state index contributed by atoms with van der Waals surface area (Å²) in [6, 6.07) is 0. The van der Waals surface area contributed by atoms with E-state index in [1.165, 1.54) is 0 Å². The molecule has 50 valence electrons. The van der Waals surface area contributed by atoms with E-state index < -0.39 is 9.84 Å². The normalized spacial score (nSPS) is 23.2. The van der Waals surface area contributed by atoms with Crippen molar-refractivity contribution in [3.63, 3.8) is 0 Å². The maximum Gasteiger partial charge on any atom is 0.234 e. The Morgan fingerprint density at radius 2 is 2.22 bits per heavy atom. The summed E-state index contributed by atoms with van der Waals surface area (Å²) in [6.45, 7) is 1.58. The highest BCUT2D eigenvalue weighted by atomic mass is 32.2. The number of nitrogens with two attached hydrogens (primary N) is 1. The molecule has 0 fully saturated rings. The van der Waals surface area contributed by atoms with Gasteiger partial charge < -0.3 is 5.73 Å². The van der Waals surface area contributed by atoms with Crippen molar-refractivity contribution in [2.24, 2.45) is 10.7 Å². The molecule has 0 aromatic heterocycles. The van der Waals surface area contributed by atoms with Crippen molar-refractivity contribution in [1.29, 1.82) is 0 Å². The van der Waals surface area contributed by atoms with Crippen molar-refractivity contribution in [1.82, 2.24) is 0 Å². The molecule has 2 N–H and O–H groups in total. The smallest absolute Gasteiger partial charge is 0.234 e. The number of amidine groups is 1. The average Bonchev–Trinajstić information content (AvgIpc) is 1.79. The van der Waals surface area contributed by atoms with Crippen LogP contribution in [0.25, 0.3) is 0 Å². The van der Waals surface area contributed by atoms with Crippen LogP contribution in [-0.4, -0.2) is 13.6 Å². The molecule has 0 saturated heterocycles. The predicted octanol–water partition coefficient (Wildman–Crippen LogP) is -0.409. The summed E-state index contributed by atoms with van der Waals surface area (Å²) < 4.78 is 21.3. The lowest BCUT2D eigenvalue weighted by molar-refractivity contribution is 0.615. The van der Waals surface area contributed by atoms with Gasteiger partial charge in [-0.05, 0) is 6.92 Å². The molecule has 0 spiro atoms. The minimum absolute atomic E-state index is 0.306. The summed E-state index contributed by atoms with van der Waals surface area (Å²) in [5.41, 5.74) is 5.45. The first-order chi connectivity index (χ1) is 4.02. The maximum atomic E-state index is 10.6. The number of rotatable bonds is 0. The first kappa shape index (κ1) is 6.28. The van der Waals surface area contributed by atoms with Gasteiger partial charge in [-0.15, -0.1) is 0 Å². The van der Waals surface area contributed by atoms with Crippen LogP contribution in [0.5, 0.6) is 0 Å². The first-order valence-corrected chi connectivity index (χ1v) is 3.84. The Balaban J connectivity index is 3.28. The second-order valence-corrected chi connectivity index (χ2v) is 3.50. The van der Waals surface area contributed by atoms with Gasteiger partial charge in [-0.25, -0.2) is 13.4 Å². The molecule has 0 unspecified atom stereocenters. The van der Waals surface area contributed by atoms with Crippen molar-refractivity contribution in [2.45, 2.75) is 6.92 Å². The van der Waals surface area contributed by atoms with Crippen LogP contribution in [0.3, 0.4) is 0 Å². The number of nitrogens with zero attached hydrogens (tertiary/aromatic N) is 1. The molecule has 0 aromatic carbocycles. The summed E-state index contributed by atoms with van der Waals surface area (Å²) in [6.07, 6.45) is 0. The van der Waals surface area contributed by atoms with E-state index in [-0.39, 0.29) is 5.17 Å². The number of sulfone groups is 1.